The van der Waals surface area contributed by atoms with Gasteiger partial charge in [0.25, 0.3) is 0 Å². The van der Waals surface area contributed by atoms with Crippen LogP contribution in [0.1, 0.15) is 66.4 Å². The summed E-state index contributed by atoms with van der Waals surface area (Å²) in [5.74, 6) is -0.862. The van der Waals surface area contributed by atoms with Crippen molar-refractivity contribution in [1.29, 1.82) is 0 Å². The fourth-order valence-corrected chi connectivity index (χ4v) is 9.71. The first kappa shape index (κ1) is 37.2. The highest BCUT2D eigenvalue weighted by molar-refractivity contribution is 8.01. The van der Waals surface area contributed by atoms with Crippen LogP contribution in [0.25, 0.3) is 0 Å². The number of para-hydroxylation sites is 2. The molecule has 0 saturated carbocycles. The number of nitrogens with one attached hydrogen (secondary N) is 1. The van der Waals surface area contributed by atoms with Crippen LogP contribution >= 0.6 is 11.8 Å². The molecule has 0 radical (unpaired) electrons. The van der Waals surface area contributed by atoms with Crippen LogP contribution in [-0.2, 0) is 22.4 Å². The summed E-state index contributed by atoms with van der Waals surface area (Å²) in [6, 6.07) is 19.2. The first-order chi connectivity index (χ1) is 25.5. The molecule has 288 valence electrons. The molecule has 12 heteroatoms. The van der Waals surface area contributed by atoms with Gasteiger partial charge in [-0.05, 0) is 81.8 Å². The van der Waals surface area contributed by atoms with Crippen LogP contribution in [0, 0.1) is 11.6 Å². The number of anilines is 2. The van der Waals surface area contributed by atoms with E-state index in [1.54, 1.807) is 23.1 Å². The van der Waals surface area contributed by atoms with E-state index < -0.39 is 10.6 Å². The molecule has 3 fully saturated rings. The fraction of sp³-hybridized carbons (Fsp3) is 0.488. The van der Waals surface area contributed by atoms with Crippen molar-refractivity contribution in [3.8, 4) is 0 Å². The number of thioether (sulfide) groups is 1. The first-order valence-corrected chi connectivity index (χ1v) is 19.8. The third kappa shape index (κ3) is 8.18. The predicted octanol–water partition coefficient (Wildman–Crippen LogP) is 7.28. The Morgan fingerprint density at radius 3 is 2.32 bits per heavy atom. The molecule has 3 aromatic carbocycles. The second kappa shape index (κ2) is 15.7. The Morgan fingerprint density at radius 2 is 1.60 bits per heavy atom. The van der Waals surface area contributed by atoms with Crippen molar-refractivity contribution in [2.75, 3.05) is 62.6 Å². The predicted molar refractivity (Wildman–Crippen MR) is 212 cm³/mol. The number of rotatable bonds is 8. The lowest BCUT2D eigenvalue weighted by atomic mass is 10.0. The number of fused-ring (bicyclic) bond motifs is 1. The Balaban J connectivity index is 0.00000232. The summed E-state index contributed by atoms with van der Waals surface area (Å²) in [6.07, 6.45) is 2.66. The largest absolute Gasteiger partial charge is 0.366 e. The molecule has 4 aliphatic rings. The van der Waals surface area contributed by atoms with Gasteiger partial charge < -0.3 is 24.9 Å². The van der Waals surface area contributed by atoms with Crippen LogP contribution in [0.5, 0.6) is 0 Å². The maximum absolute atomic E-state index is 15.9. The van der Waals surface area contributed by atoms with Crippen LogP contribution in [0.2, 0.25) is 0 Å². The summed E-state index contributed by atoms with van der Waals surface area (Å²) in [4.78, 5) is 51.2. The molecule has 0 aromatic heterocycles. The van der Waals surface area contributed by atoms with E-state index in [9.17, 15) is 18.8 Å². The number of piperazine rings is 1. The number of piperidine rings is 1. The van der Waals surface area contributed by atoms with Crippen LogP contribution in [-0.4, -0.2) is 107 Å². The topological polar surface area (TPSA) is 79.4 Å². The Kier molecular flexibility index (Phi) is 11.0. The lowest BCUT2D eigenvalue weighted by molar-refractivity contribution is -0.136. The van der Waals surface area contributed by atoms with Gasteiger partial charge in [0.15, 0.2) is 0 Å². The average molecular weight is 751 g/mol. The van der Waals surface area contributed by atoms with Gasteiger partial charge in [-0.3, -0.25) is 14.5 Å². The normalized spacial score (nSPS) is 21.8. The second-order valence-electron chi connectivity index (χ2n) is 15.6. The van der Waals surface area contributed by atoms with Gasteiger partial charge >= 0.3 is 6.03 Å². The number of urea groups is 1. The molecule has 0 unspecified atom stereocenters. The minimum Gasteiger partial charge on any atom is -0.366 e. The van der Waals surface area contributed by atoms with E-state index in [-0.39, 0.29) is 51.8 Å². The number of carbonyl (C=O) groups is 3. The molecule has 3 aromatic rings. The average Bonchev–Trinajstić information content (AvgIpc) is 3.34. The van der Waals surface area contributed by atoms with Gasteiger partial charge in [0, 0.05) is 85.9 Å². The molecule has 0 bridgehead atoms. The van der Waals surface area contributed by atoms with E-state index >= 15 is 4.39 Å². The summed E-state index contributed by atoms with van der Waals surface area (Å²) < 4.78 is 29.6. The van der Waals surface area contributed by atoms with Gasteiger partial charge in [-0.15, -0.1) is 11.8 Å². The zero-order valence-electron chi connectivity index (χ0n) is 30.9. The van der Waals surface area contributed by atoms with E-state index in [2.05, 4.69) is 35.9 Å². The Bertz CT molecular complexity index is 1820. The zero-order chi connectivity index (χ0) is 37.3. The van der Waals surface area contributed by atoms with Crippen molar-refractivity contribution in [1.82, 2.24) is 19.6 Å². The molecule has 0 aliphatic carbocycles. The lowest BCUT2D eigenvalue weighted by Crippen LogP contribution is -2.53. The first-order valence-electron chi connectivity index (χ1n) is 18.9. The monoisotopic (exact) mass is 750 g/mol. The van der Waals surface area contributed by atoms with Crippen LogP contribution < -0.4 is 10.2 Å². The van der Waals surface area contributed by atoms with Crippen molar-refractivity contribution in [2.24, 2.45) is 0 Å². The maximum Gasteiger partial charge on any atom is 0.322 e. The molecular formula is C41H56F2N6O3S. The molecule has 4 heterocycles. The molecule has 0 spiro atoms. The van der Waals surface area contributed by atoms with Crippen molar-refractivity contribution in [3.63, 3.8) is 0 Å². The van der Waals surface area contributed by atoms with Gasteiger partial charge in [-0.1, -0.05) is 42.5 Å². The lowest BCUT2D eigenvalue weighted by Gasteiger charge is -2.43. The van der Waals surface area contributed by atoms with Crippen LogP contribution in [0.4, 0.5) is 25.0 Å². The quantitative estimate of drug-likeness (QED) is 0.261. The molecule has 4 amide bonds. The molecular weight excluding hydrogens is 695 g/mol. The number of hydrogen-bond acceptors (Lipinski definition) is 6. The van der Waals surface area contributed by atoms with Crippen molar-refractivity contribution in [3.05, 3.63) is 95.1 Å². The summed E-state index contributed by atoms with van der Waals surface area (Å²) in [5, 5.41) is 1.95. The van der Waals surface area contributed by atoms with Gasteiger partial charge in [0.1, 0.15) is 17.0 Å². The number of amides is 4. The summed E-state index contributed by atoms with van der Waals surface area (Å²) in [5.41, 5.74) is 4.13. The molecule has 3 saturated heterocycles. The van der Waals surface area contributed by atoms with E-state index in [0.717, 1.165) is 41.9 Å². The van der Waals surface area contributed by atoms with Crippen LogP contribution in [0.3, 0.4) is 0 Å². The Hall–Kier alpha value is -4.16. The van der Waals surface area contributed by atoms with Crippen molar-refractivity contribution in [2.45, 2.75) is 75.1 Å². The van der Waals surface area contributed by atoms with Crippen molar-refractivity contribution >= 4 is 41.0 Å². The van der Waals surface area contributed by atoms with Gasteiger partial charge in [-0.2, -0.15) is 0 Å². The number of benzene rings is 3. The molecule has 7 rings (SSSR count). The minimum atomic E-state index is -0.623. The highest BCUT2D eigenvalue weighted by Crippen LogP contribution is 2.48. The van der Waals surface area contributed by atoms with E-state index in [4.69, 9.17) is 0 Å². The molecule has 9 nitrogen and oxygen atoms in total. The van der Waals surface area contributed by atoms with E-state index in [1.807, 2.05) is 40.1 Å². The minimum absolute atomic E-state index is 0. The summed E-state index contributed by atoms with van der Waals surface area (Å²) >= 11 is 1.43. The van der Waals surface area contributed by atoms with Gasteiger partial charge in [0.05, 0.1) is 10.9 Å². The smallest absolute Gasteiger partial charge is 0.322 e. The number of hydrogen-bond donors (Lipinski definition) is 1. The Labute approximate surface area is 320 Å². The molecule has 53 heavy (non-hydrogen) atoms. The maximum atomic E-state index is 15.9. The molecule has 4 aliphatic heterocycles. The van der Waals surface area contributed by atoms with Gasteiger partial charge in [0.2, 0.25) is 11.8 Å². The highest BCUT2D eigenvalue weighted by atomic mass is 32.2. The third-order valence-electron chi connectivity index (χ3n) is 11.3. The summed E-state index contributed by atoms with van der Waals surface area (Å²) in [6.45, 7) is 11.5. The van der Waals surface area contributed by atoms with Crippen LogP contribution in [0.15, 0.2) is 66.7 Å². The molecule has 1 N–H and O–H groups in total. The van der Waals surface area contributed by atoms with E-state index in [1.165, 1.54) is 30.0 Å². The van der Waals surface area contributed by atoms with Crippen molar-refractivity contribution < 1.29 is 27.4 Å². The third-order valence-corrected chi connectivity index (χ3v) is 12.7. The number of nitrogens with zero attached hydrogens (tertiary/aromatic N) is 5. The second-order valence-corrected chi connectivity index (χ2v) is 16.8. The standard InChI is InChI=1S/C41H50F2N6O3S.3H2/c1-41(2,3)47-25-23-46(24-26-47)37-32(8-6-9-33(37)43)39-49(21-15-28-11-13-30(42)14-12-28)38(51)35(53-39)27-36(50)45-19-17-31(18-20-45)48-22-16-29-7-4-5-10-34(29)44-40(48)52;;;/h4-14,31,35,39H,15-27H2,1-3H3,(H,44,52);3*1H/t35-,39-;;;/m0.../s1. The van der Waals surface area contributed by atoms with E-state index in [0.29, 0.717) is 64.2 Å². The molecule has 2 atom stereocenters. The van der Waals surface area contributed by atoms with Gasteiger partial charge in [-0.25, -0.2) is 13.6 Å². The highest BCUT2D eigenvalue weighted by Gasteiger charge is 2.44. The zero-order valence-corrected chi connectivity index (χ0v) is 31.7. The fourth-order valence-electron chi connectivity index (χ4n) is 8.21. The number of halogens is 2. The SMILES string of the molecule is CC(C)(C)N1CCN(c2c(F)cccc2[C@@H]2S[C@@H](CC(=O)N3CCC(N4CCc5ccccc5NC4=O)CC3)C(=O)N2CCc2ccc(F)cc2)CC1.[HH].[HH].[HH]. The summed E-state index contributed by atoms with van der Waals surface area (Å²) in [7, 11) is 0. The number of likely N-dealkylation sites (tertiary alicyclic amines) is 1. The number of carbonyl (C=O) groups excluding carboxylic acids is 3. The Morgan fingerprint density at radius 1 is 0.887 bits per heavy atom.